The molecular weight excluding hydrogens is 1050 g/mol. The molecule has 4 unspecified atom stereocenters. The molecule has 4 aliphatic rings. The summed E-state index contributed by atoms with van der Waals surface area (Å²) in [4.78, 5) is 0. The van der Waals surface area contributed by atoms with E-state index in [0.717, 1.165) is 38.5 Å². The summed E-state index contributed by atoms with van der Waals surface area (Å²) in [5.74, 6) is -2.68. The van der Waals surface area contributed by atoms with E-state index in [1.807, 2.05) is 78.4 Å². The third-order valence-electron chi connectivity index (χ3n) is 14.1. The van der Waals surface area contributed by atoms with Gasteiger partial charge in [0.25, 0.3) is 0 Å². The van der Waals surface area contributed by atoms with Crippen LogP contribution in [0.5, 0.6) is 0 Å². The number of hydrogen-bond acceptors (Lipinski definition) is 19. The van der Waals surface area contributed by atoms with Crippen molar-refractivity contribution in [3.8, 4) is 0 Å². The molecule has 20 heteroatoms. The molecule has 0 aromatic carbocycles. The van der Waals surface area contributed by atoms with Crippen LogP contribution in [-0.4, -0.2) is 200 Å². The molecule has 0 radical (unpaired) electrons. The minimum Gasteiger partial charge on any atom is -0.379 e. The Kier molecular flexibility index (Phi) is 33.5. The monoisotopic (exact) mass is 1160 g/mol. The molecule has 5 heterocycles. The lowest BCUT2D eigenvalue weighted by Gasteiger charge is -2.26. The molecule has 0 N–H and O–H groups in total. The van der Waals surface area contributed by atoms with Gasteiger partial charge in [-0.2, -0.15) is 0 Å². The maximum atomic E-state index is 6.66. The third-order valence-corrected chi connectivity index (χ3v) is 14.1. The molecule has 1 aromatic rings. The number of allylic oxidation sites excluding steroid dienone is 2. The first-order valence-corrected chi connectivity index (χ1v) is 30.7. The van der Waals surface area contributed by atoms with Crippen LogP contribution in [0.25, 0.3) is 0 Å². The minimum atomic E-state index is -0.670. The number of unbranched alkanes of at least 4 members (excludes halogenated alkanes) is 14. The van der Waals surface area contributed by atoms with Gasteiger partial charge in [0.1, 0.15) is 54.5 Å². The van der Waals surface area contributed by atoms with Gasteiger partial charge in [0, 0.05) is 13.2 Å². The van der Waals surface area contributed by atoms with Crippen molar-refractivity contribution in [2.24, 2.45) is 0 Å². The van der Waals surface area contributed by atoms with E-state index in [1.54, 1.807) is 0 Å². The molecule has 0 spiro atoms. The second-order valence-electron chi connectivity index (χ2n) is 23.9. The van der Waals surface area contributed by atoms with Crippen molar-refractivity contribution in [1.82, 2.24) is 15.0 Å². The van der Waals surface area contributed by atoms with Crippen LogP contribution in [0.1, 0.15) is 170 Å². The van der Waals surface area contributed by atoms with Crippen molar-refractivity contribution in [2.75, 3.05) is 119 Å². The summed E-state index contributed by atoms with van der Waals surface area (Å²) >= 11 is 0. The normalized spacial score (nSPS) is 23.2. The topological polar surface area (TPSA) is 188 Å². The molecule has 0 aliphatic carbocycles. The van der Waals surface area contributed by atoms with Crippen molar-refractivity contribution in [3.63, 3.8) is 0 Å². The van der Waals surface area contributed by atoms with E-state index in [0.29, 0.717) is 85.0 Å². The van der Waals surface area contributed by atoms with Crippen LogP contribution in [0, 0.1) is 0 Å². The van der Waals surface area contributed by atoms with E-state index in [1.165, 1.54) is 64.2 Å². The van der Waals surface area contributed by atoms with Crippen LogP contribution in [0.2, 0.25) is 0 Å². The first-order valence-electron chi connectivity index (χ1n) is 30.7. The van der Waals surface area contributed by atoms with E-state index in [2.05, 4.69) is 23.5 Å². The van der Waals surface area contributed by atoms with E-state index < -0.39 is 41.5 Å². The largest absolute Gasteiger partial charge is 0.379 e. The first-order chi connectivity index (χ1) is 39.0. The van der Waals surface area contributed by atoms with E-state index in [-0.39, 0.29) is 76.7 Å². The molecule has 1 aromatic heterocycles. The van der Waals surface area contributed by atoms with Crippen LogP contribution in [0.15, 0.2) is 31.5 Å². The van der Waals surface area contributed by atoms with Gasteiger partial charge in [-0.3, -0.25) is 0 Å². The molecule has 470 valence electrons. The summed E-state index contributed by atoms with van der Waals surface area (Å²) in [6.07, 6.45) is 22.5. The second-order valence-corrected chi connectivity index (χ2v) is 23.9. The van der Waals surface area contributed by atoms with Gasteiger partial charge in [-0.25, -0.2) is 4.68 Å². The number of hydrogen-bond donors (Lipinski definition) is 0. The van der Waals surface area contributed by atoms with Crippen molar-refractivity contribution < 1.29 is 80.5 Å². The predicted molar refractivity (Wildman–Crippen MR) is 306 cm³/mol. The molecule has 0 amide bonds. The highest BCUT2D eigenvalue weighted by atomic mass is 16.8. The summed E-state index contributed by atoms with van der Waals surface area (Å²) in [5, 5.41) is 9.17. The lowest BCUT2D eigenvalue weighted by Crippen LogP contribution is -2.37. The maximum absolute atomic E-state index is 6.66. The third kappa shape index (κ3) is 31.2. The highest BCUT2D eigenvalue weighted by molar-refractivity contribution is 4.92. The Hall–Kier alpha value is -2.06. The summed E-state index contributed by atoms with van der Waals surface area (Å²) < 4.78 is 106. The van der Waals surface area contributed by atoms with Crippen LogP contribution < -0.4 is 0 Å². The van der Waals surface area contributed by atoms with Gasteiger partial charge >= 0.3 is 0 Å². The lowest BCUT2D eigenvalue weighted by atomic mass is 10.1. The average molecular weight is 1160 g/mol. The van der Waals surface area contributed by atoms with Crippen molar-refractivity contribution in [1.29, 1.82) is 0 Å². The standard InChI is InChI=1S/C61H109N3O17/c1-11-13-15-17-19-21-23-25-27-29-65-33-50(34-66-30-28-26-24-22-20-18-16-14-12-2)64-31-49(62-63-64)32-71-53(43-72-51(35-67-39-54-45-74-58(3,4)78-54)36-68-40-55-46-75-59(5,6)79-55)44-73-52(37-69-41-56-47-76-60(7,8)80-56)38-70-42-57-48-77-61(9,10)81-57/h11-12,31,50-57H,1-2,13-30,32-48H2,3-10H3. The number of nitrogens with zero attached hydrogens (tertiary/aromatic N) is 3. The predicted octanol–water partition coefficient (Wildman–Crippen LogP) is 9.79. The summed E-state index contributed by atoms with van der Waals surface area (Å²) in [5.41, 5.74) is 0.643. The number of aromatic nitrogens is 3. The molecular formula is C61H109N3O17. The molecule has 4 aliphatic heterocycles. The van der Waals surface area contributed by atoms with Gasteiger partial charge in [-0.05, 0) is 93.9 Å². The zero-order valence-corrected chi connectivity index (χ0v) is 51.3. The zero-order valence-electron chi connectivity index (χ0n) is 51.3. The highest BCUT2D eigenvalue weighted by Crippen LogP contribution is 2.26. The van der Waals surface area contributed by atoms with Gasteiger partial charge < -0.3 is 80.5 Å². The van der Waals surface area contributed by atoms with E-state index in [4.69, 9.17) is 80.5 Å². The zero-order chi connectivity index (χ0) is 58.1. The first kappa shape index (κ1) is 69.7. The number of rotatable bonds is 50. The molecule has 4 atom stereocenters. The van der Waals surface area contributed by atoms with Gasteiger partial charge in [0.2, 0.25) is 0 Å². The van der Waals surface area contributed by atoms with Gasteiger partial charge in [0.15, 0.2) is 23.1 Å². The Morgan fingerprint density at radius 1 is 0.457 bits per heavy atom. The van der Waals surface area contributed by atoms with Crippen molar-refractivity contribution in [2.45, 2.75) is 237 Å². The Balaban J connectivity index is 1.23. The smallest absolute Gasteiger partial charge is 0.163 e. The number of ether oxygens (including phenoxy) is 17. The van der Waals surface area contributed by atoms with E-state index >= 15 is 0 Å². The summed E-state index contributed by atoms with van der Waals surface area (Å²) in [7, 11) is 0. The van der Waals surface area contributed by atoms with Crippen molar-refractivity contribution in [3.05, 3.63) is 37.2 Å². The average Bonchev–Trinajstić information content (AvgIpc) is 4.28. The van der Waals surface area contributed by atoms with Crippen molar-refractivity contribution >= 4 is 0 Å². The Labute approximate surface area is 486 Å². The molecule has 0 saturated carbocycles. The van der Waals surface area contributed by atoms with Crippen LogP contribution >= 0.6 is 0 Å². The molecule has 81 heavy (non-hydrogen) atoms. The van der Waals surface area contributed by atoms with Crippen LogP contribution in [-0.2, 0) is 87.1 Å². The summed E-state index contributed by atoms with van der Waals surface area (Å²) in [6.45, 7) is 29.5. The molecule has 20 nitrogen and oxygen atoms in total. The second kappa shape index (κ2) is 38.9. The maximum Gasteiger partial charge on any atom is 0.163 e. The SMILES string of the molecule is C=CCCCCCCCCCOCC(COCCCCCCCCCC=C)n1cc(COC(COC(COCC2COC(C)(C)O2)COCC2COC(C)(C)O2)COC(COCC2COC(C)(C)O2)COCC2COC(C)(C)O2)nn1. The molecule has 5 rings (SSSR count). The fourth-order valence-corrected chi connectivity index (χ4v) is 9.78. The Morgan fingerprint density at radius 3 is 1.12 bits per heavy atom. The Bertz CT molecular complexity index is 1620. The minimum absolute atomic E-state index is 0.131. The quantitative estimate of drug-likeness (QED) is 0.0442. The molecule has 0 bridgehead atoms. The fourth-order valence-electron chi connectivity index (χ4n) is 9.78. The highest BCUT2D eigenvalue weighted by Gasteiger charge is 2.36. The Morgan fingerprint density at radius 2 is 0.790 bits per heavy atom. The van der Waals surface area contributed by atoms with E-state index in [9.17, 15) is 0 Å². The molecule has 4 fully saturated rings. The van der Waals surface area contributed by atoms with Gasteiger partial charge in [0.05, 0.1) is 119 Å². The summed E-state index contributed by atoms with van der Waals surface area (Å²) in [6, 6.07) is -0.163. The van der Waals surface area contributed by atoms with Gasteiger partial charge in [-0.15, -0.1) is 18.3 Å². The molecule has 4 saturated heterocycles. The van der Waals surface area contributed by atoms with Crippen LogP contribution in [0.4, 0.5) is 0 Å². The van der Waals surface area contributed by atoms with Gasteiger partial charge in [-0.1, -0.05) is 81.6 Å². The van der Waals surface area contributed by atoms with Crippen LogP contribution in [0.3, 0.4) is 0 Å². The fraction of sp³-hybridized carbons (Fsp3) is 0.902. The lowest BCUT2D eigenvalue weighted by molar-refractivity contribution is -0.160.